The van der Waals surface area contributed by atoms with Crippen molar-refractivity contribution in [1.29, 1.82) is 0 Å². The van der Waals surface area contributed by atoms with E-state index in [-0.39, 0.29) is 0 Å². The monoisotopic (exact) mass is 409 g/mol. The van der Waals surface area contributed by atoms with Gasteiger partial charge in [-0.05, 0) is 26.8 Å². The fourth-order valence-electron chi connectivity index (χ4n) is 3.07. The van der Waals surface area contributed by atoms with Crippen LogP contribution in [0.4, 0.5) is 10.5 Å². The van der Waals surface area contributed by atoms with E-state index in [1.807, 2.05) is 30.3 Å². The number of ether oxygens (including phenoxy) is 1. The third-order valence-corrected chi connectivity index (χ3v) is 4.20. The van der Waals surface area contributed by atoms with Gasteiger partial charge in [-0.1, -0.05) is 48.5 Å². The number of carbonyl (C=O) groups excluding carboxylic acids is 2. The van der Waals surface area contributed by atoms with Crippen LogP contribution in [-0.2, 0) is 14.3 Å². The van der Waals surface area contributed by atoms with E-state index in [9.17, 15) is 19.5 Å². The van der Waals surface area contributed by atoms with Crippen LogP contribution in [0.25, 0.3) is 0 Å². The highest BCUT2D eigenvalue weighted by Gasteiger charge is 2.34. The first-order valence-electron chi connectivity index (χ1n) is 9.41. The molecule has 1 aliphatic heterocycles. The second-order valence-corrected chi connectivity index (χ2v) is 7.73. The Hall–Kier alpha value is -3.68. The summed E-state index contributed by atoms with van der Waals surface area (Å²) in [6.45, 7) is 4.53. The number of para-hydroxylation sites is 1. The van der Waals surface area contributed by atoms with Gasteiger partial charge in [-0.3, -0.25) is 19.8 Å². The molecule has 30 heavy (non-hydrogen) atoms. The smallest absolute Gasteiger partial charge is 0.409 e. The molecular weight excluding hydrogens is 386 g/mol. The van der Waals surface area contributed by atoms with E-state index in [0.717, 1.165) is 10.5 Å². The number of amides is 2. The number of anilines is 1. The number of alkyl carbamates (subject to hydrolysis) is 1. The average Bonchev–Trinajstić information content (AvgIpc) is 2.78. The first kappa shape index (κ1) is 21.0. The number of fused-ring (bicyclic) bond motifs is 1. The number of nitrogens with one attached hydrogen (secondary N) is 1. The van der Waals surface area contributed by atoms with Crippen molar-refractivity contribution in [2.75, 3.05) is 11.4 Å². The number of rotatable bonds is 4. The number of carbonyl (C=O) groups is 3. The molecule has 0 spiro atoms. The van der Waals surface area contributed by atoms with Gasteiger partial charge in [0.25, 0.3) is 5.91 Å². The maximum absolute atomic E-state index is 13.2. The second kappa shape index (κ2) is 8.36. The van der Waals surface area contributed by atoms with Crippen molar-refractivity contribution in [2.24, 2.45) is 4.99 Å². The van der Waals surface area contributed by atoms with Crippen LogP contribution in [-0.4, -0.2) is 47.1 Å². The standard InChI is InChI=1S/C22H23N3O5/c1-22(2,3)30-21(29)24-19-20(28)25(13-17(26)27)16-12-8-7-11-15(16)18(23-19)14-9-5-4-6-10-14/h4-12,19H,13H2,1-3H3,(H,24,29)(H,26,27). The SMILES string of the molecule is CC(C)(C)OC(=O)NC1N=C(c2ccccc2)c2ccccc2N(CC(=O)O)C1=O. The second-order valence-electron chi connectivity index (χ2n) is 7.73. The van der Waals surface area contributed by atoms with Crippen molar-refractivity contribution in [3.05, 3.63) is 65.7 Å². The molecule has 0 radical (unpaired) electrons. The molecule has 1 unspecified atom stereocenters. The van der Waals surface area contributed by atoms with Crippen LogP contribution in [0.15, 0.2) is 59.6 Å². The number of nitrogens with zero attached hydrogens (tertiary/aromatic N) is 2. The zero-order valence-corrected chi connectivity index (χ0v) is 17.0. The summed E-state index contributed by atoms with van der Waals surface area (Å²) < 4.78 is 5.26. The molecule has 2 aromatic carbocycles. The maximum Gasteiger partial charge on any atom is 0.409 e. The Kier molecular flexibility index (Phi) is 5.86. The van der Waals surface area contributed by atoms with Gasteiger partial charge >= 0.3 is 12.1 Å². The van der Waals surface area contributed by atoms with E-state index < -0.39 is 36.3 Å². The van der Waals surface area contributed by atoms with E-state index in [1.54, 1.807) is 45.0 Å². The van der Waals surface area contributed by atoms with Gasteiger partial charge in [-0.15, -0.1) is 0 Å². The Balaban J connectivity index is 2.11. The third-order valence-electron chi connectivity index (χ3n) is 4.20. The Morgan fingerprint density at radius 1 is 1.10 bits per heavy atom. The van der Waals surface area contributed by atoms with Crippen molar-refractivity contribution in [3.63, 3.8) is 0 Å². The third kappa shape index (κ3) is 4.83. The molecule has 1 aliphatic rings. The topological polar surface area (TPSA) is 108 Å². The molecule has 8 heteroatoms. The molecular formula is C22H23N3O5. The van der Waals surface area contributed by atoms with Crippen LogP contribution >= 0.6 is 0 Å². The van der Waals surface area contributed by atoms with Crippen molar-refractivity contribution >= 4 is 29.4 Å². The summed E-state index contributed by atoms with van der Waals surface area (Å²) in [5.41, 5.74) is 1.42. The number of carboxylic acid groups (broad SMARTS) is 1. The fourth-order valence-corrected chi connectivity index (χ4v) is 3.07. The molecule has 0 fully saturated rings. The average molecular weight is 409 g/mol. The van der Waals surface area contributed by atoms with Crippen molar-refractivity contribution in [1.82, 2.24) is 5.32 Å². The van der Waals surface area contributed by atoms with E-state index >= 15 is 0 Å². The number of hydrogen-bond donors (Lipinski definition) is 2. The van der Waals surface area contributed by atoms with Gasteiger partial charge in [-0.25, -0.2) is 9.79 Å². The molecule has 8 nitrogen and oxygen atoms in total. The molecule has 1 heterocycles. The largest absolute Gasteiger partial charge is 0.480 e. The fraction of sp³-hybridized carbons (Fsp3) is 0.273. The zero-order valence-electron chi connectivity index (χ0n) is 17.0. The summed E-state index contributed by atoms with van der Waals surface area (Å²) in [6.07, 6.45) is -2.17. The highest BCUT2D eigenvalue weighted by molar-refractivity contribution is 6.20. The van der Waals surface area contributed by atoms with Gasteiger partial charge in [-0.2, -0.15) is 0 Å². The Morgan fingerprint density at radius 3 is 2.37 bits per heavy atom. The van der Waals surface area contributed by atoms with Crippen LogP contribution in [0.5, 0.6) is 0 Å². The van der Waals surface area contributed by atoms with Gasteiger partial charge in [0.2, 0.25) is 6.17 Å². The summed E-state index contributed by atoms with van der Waals surface area (Å²) in [5, 5.41) is 11.8. The van der Waals surface area contributed by atoms with Crippen LogP contribution in [0.2, 0.25) is 0 Å². The highest BCUT2D eigenvalue weighted by Crippen LogP contribution is 2.28. The Morgan fingerprint density at radius 2 is 1.73 bits per heavy atom. The molecule has 2 N–H and O–H groups in total. The minimum atomic E-state index is -1.35. The lowest BCUT2D eigenvalue weighted by atomic mass is 10.0. The van der Waals surface area contributed by atoms with Crippen LogP contribution < -0.4 is 10.2 Å². The molecule has 0 aliphatic carbocycles. The summed E-state index contributed by atoms with van der Waals surface area (Å²) in [4.78, 5) is 42.6. The number of aliphatic carboxylic acids is 1. The lowest BCUT2D eigenvalue weighted by molar-refractivity contribution is -0.136. The zero-order chi connectivity index (χ0) is 21.9. The number of carboxylic acids is 1. The maximum atomic E-state index is 13.2. The molecule has 2 aromatic rings. The summed E-state index contributed by atoms with van der Waals surface area (Å²) >= 11 is 0. The summed E-state index contributed by atoms with van der Waals surface area (Å²) in [5.74, 6) is -1.85. The Labute approximate surface area is 174 Å². The predicted octanol–water partition coefficient (Wildman–Crippen LogP) is 2.81. The van der Waals surface area contributed by atoms with Crippen molar-refractivity contribution in [3.8, 4) is 0 Å². The minimum absolute atomic E-state index is 0.404. The van der Waals surface area contributed by atoms with Gasteiger partial charge < -0.3 is 9.84 Å². The van der Waals surface area contributed by atoms with E-state index in [0.29, 0.717) is 17.0 Å². The first-order chi connectivity index (χ1) is 14.2. The van der Waals surface area contributed by atoms with Gasteiger partial charge in [0.15, 0.2) is 0 Å². The van der Waals surface area contributed by atoms with E-state index in [2.05, 4.69) is 10.3 Å². The molecule has 0 saturated heterocycles. The van der Waals surface area contributed by atoms with Crippen LogP contribution in [0.3, 0.4) is 0 Å². The van der Waals surface area contributed by atoms with Crippen LogP contribution in [0.1, 0.15) is 31.9 Å². The number of benzene rings is 2. The molecule has 156 valence electrons. The molecule has 0 aromatic heterocycles. The lowest BCUT2D eigenvalue weighted by Gasteiger charge is -2.25. The molecule has 0 bridgehead atoms. The van der Waals surface area contributed by atoms with Crippen molar-refractivity contribution in [2.45, 2.75) is 32.5 Å². The van der Waals surface area contributed by atoms with Crippen LogP contribution in [0, 0.1) is 0 Å². The highest BCUT2D eigenvalue weighted by atomic mass is 16.6. The van der Waals surface area contributed by atoms with E-state index in [4.69, 9.17) is 4.74 Å². The molecule has 1 atom stereocenters. The first-order valence-corrected chi connectivity index (χ1v) is 9.41. The summed E-state index contributed by atoms with van der Waals surface area (Å²) in [7, 11) is 0. The normalized spacial score (nSPS) is 16.2. The quantitative estimate of drug-likeness (QED) is 0.807. The predicted molar refractivity (Wildman–Crippen MR) is 112 cm³/mol. The molecule has 3 rings (SSSR count). The Bertz CT molecular complexity index is 995. The van der Waals surface area contributed by atoms with Gasteiger partial charge in [0.05, 0.1) is 11.4 Å². The minimum Gasteiger partial charge on any atom is -0.480 e. The summed E-state index contributed by atoms with van der Waals surface area (Å²) in [6, 6.07) is 16.1. The molecule has 0 saturated carbocycles. The van der Waals surface area contributed by atoms with Gasteiger partial charge in [0.1, 0.15) is 12.1 Å². The number of aliphatic imine (C=N–C) groups is 1. The van der Waals surface area contributed by atoms with Crippen molar-refractivity contribution < 1.29 is 24.2 Å². The van der Waals surface area contributed by atoms with E-state index in [1.165, 1.54) is 0 Å². The number of benzodiazepines with no additional fused rings is 1. The number of hydrogen-bond acceptors (Lipinski definition) is 5. The van der Waals surface area contributed by atoms with Gasteiger partial charge in [0, 0.05) is 11.1 Å². The molecule has 2 amide bonds. The lowest BCUT2D eigenvalue weighted by Crippen LogP contribution is -2.49.